The van der Waals surface area contributed by atoms with Crippen molar-refractivity contribution in [3.63, 3.8) is 0 Å². The number of thioether (sulfide) groups is 2. The van der Waals surface area contributed by atoms with E-state index in [-0.39, 0.29) is 0 Å². The Labute approximate surface area is 220 Å². The van der Waals surface area contributed by atoms with Gasteiger partial charge in [0.2, 0.25) is 9.99 Å². The van der Waals surface area contributed by atoms with E-state index in [1.54, 1.807) is 23.5 Å². The summed E-state index contributed by atoms with van der Waals surface area (Å²) in [6.45, 7) is 1.37. The minimum atomic E-state index is -0.710. The highest BCUT2D eigenvalue weighted by atomic mass is 32.2. The van der Waals surface area contributed by atoms with Crippen molar-refractivity contribution >= 4 is 33.6 Å². The molecule has 0 amide bonds. The van der Waals surface area contributed by atoms with Crippen LogP contribution < -0.4 is 10.6 Å². The summed E-state index contributed by atoms with van der Waals surface area (Å²) in [7, 11) is 0. The average Bonchev–Trinajstić information content (AvgIpc) is 3.43. The van der Waals surface area contributed by atoms with E-state index in [9.17, 15) is 0 Å². The summed E-state index contributed by atoms with van der Waals surface area (Å²) >= 11 is 3.40. The summed E-state index contributed by atoms with van der Waals surface area (Å²) in [6.07, 6.45) is 0. The van der Waals surface area contributed by atoms with E-state index in [1.807, 2.05) is 24.3 Å². The number of fused-ring (bicyclic) bond motifs is 1. The van der Waals surface area contributed by atoms with Crippen molar-refractivity contribution in [1.29, 1.82) is 0 Å². The van der Waals surface area contributed by atoms with Crippen LogP contribution in [0.4, 0.5) is 0 Å². The minimum absolute atomic E-state index is 0.687. The zero-order valence-corrected chi connectivity index (χ0v) is 21.3. The van der Waals surface area contributed by atoms with Gasteiger partial charge >= 0.3 is 0 Å². The molecule has 6 rings (SSSR count). The van der Waals surface area contributed by atoms with E-state index < -0.39 is 9.99 Å². The lowest BCUT2D eigenvalue weighted by atomic mass is 10.2. The van der Waals surface area contributed by atoms with Crippen LogP contribution in [0.15, 0.2) is 131 Å². The van der Waals surface area contributed by atoms with Crippen LogP contribution in [0.3, 0.4) is 0 Å². The number of nitrogens with zero attached hydrogens (tertiary/aromatic N) is 2. The molecule has 0 saturated carbocycles. The fraction of sp³-hybridized carbons (Fsp3) is 0.133. The Morgan fingerprint density at radius 1 is 0.472 bits per heavy atom. The van der Waals surface area contributed by atoms with Crippen molar-refractivity contribution in [1.82, 2.24) is 10.6 Å². The molecule has 0 fully saturated rings. The van der Waals surface area contributed by atoms with Gasteiger partial charge in [-0.1, -0.05) is 145 Å². The van der Waals surface area contributed by atoms with Gasteiger partial charge in [0.05, 0.1) is 0 Å². The number of rotatable bonds is 8. The van der Waals surface area contributed by atoms with Crippen LogP contribution in [0.2, 0.25) is 0 Å². The smallest absolute Gasteiger partial charge is 0.214 e. The monoisotopic (exact) mass is 506 g/mol. The van der Waals surface area contributed by atoms with Gasteiger partial charge in [0.25, 0.3) is 0 Å². The van der Waals surface area contributed by atoms with Crippen LogP contribution in [0, 0.1) is 0 Å². The Bertz CT molecular complexity index is 1270. The van der Waals surface area contributed by atoms with E-state index in [0.717, 1.165) is 21.2 Å². The van der Waals surface area contributed by atoms with Gasteiger partial charge in [-0.15, -0.1) is 0 Å². The third-order valence-corrected chi connectivity index (χ3v) is 9.08. The van der Waals surface area contributed by atoms with Crippen molar-refractivity contribution in [2.45, 2.75) is 23.1 Å². The molecule has 0 saturated heterocycles. The van der Waals surface area contributed by atoms with Crippen LogP contribution in [0.25, 0.3) is 0 Å². The summed E-state index contributed by atoms with van der Waals surface area (Å²) in [5, 5.41) is 9.63. The number of hydrogen-bond acceptors (Lipinski definition) is 6. The normalized spacial score (nSPS) is 22.7. The van der Waals surface area contributed by atoms with E-state index in [0.29, 0.717) is 13.1 Å². The van der Waals surface area contributed by atoms with Gasteiger partial charge in [0, 0.05) is 24.2 Å². The van der Waals surface area contributed by atoms with Gasteiger partial charge in [-0.3, -0.25) is 10.6 Å². The molecular weight excluding hydrogens is 480 g/mol. The zero-order valence-electron chi connectivity index (χ0n) is 19.7. The molecule has 178 valence electrons. The molecule has 4 aromatic rings. The van der Waals surface area contributed by atoms with Crippen molar-refractivity contribution in [3.8, 4) is 0 Å². The maximum Gasteiger partial charge on any atom is 0.214 e. The highest BCUT2D eigenvalue weighted by Gasteiger charge is 2.63. The molecule has 0 spiro atoms. The molecule has 4 nitrogen and oxygen atoms in total. The first kappa shape index (κ1) is 23.3. The van der Waals surface area contributed by atoms with Gasteiger partial charge in [0.15, 0.2) is 0 Å². The molecule has 2 unspecified atom stereocenters. The Morgan fingerprint density at radius 3 is 1.17 bits per heavy atom. The van der Waals surface area contributed by atoms with Gasteiger partial charge < -0.3 is 0 Å². The van der Waals surface area contributed by atoms with Gasteiger partial charge in [-0.05, 0) is 11.1 Å². The summed E-state index contributed by atoms with van der Waals surface area (Å²) < 4.78 is 0. The molecule has 0 radical (unpaired) electrons. The first-order valence-electron chi connectivity index (χ1n) is 12.0. The Kier molecular flexibility index (Phi) is 6.50. The minimum Gasteiger partial charge on any atom is -0.276 e. The third kappa shape index (κ3) is 4.53. The Morgan fingerprint density at radius 2 is 0.806 bits per heavy atom. The molecule has 0 bridgehead atoms. The number of aliphatic imine (C=N–C) groups is 2. The fourth-order valence-electron chi connectivity index (χ4n) is 4.38. The molecule has 0 aliphatic carbocycles. The van der Waals surface area contributed by atoms with Crippen LogP contribution >= 0.6 is 23.5 Å². The van der Waals surface area contributed by atoms with Crippen molar-refractivity contribution in [2.75, 3.05) is 0 Å². The lowest BCUT2D eigenvalue weighted by molar-refractivity contribution is 0.330. The van der Waals surface area contributed by atoms with E-state index >= 15 is 0 Å². The van der Waals surface area contributed by atoms with E-state index in [1.165, 1.54) is 11.1 Å². The second-order valence-corrected chi connectivity index (χ2v) is 11.1. The lowest BCUT2D eigenvalue weighted by Crippen LogP contribution is -2.59. The molecule has 4 aromatic carbocycles. The first-order chi connectivity index (χ1) is 17.8. The summed E-state index contributed by atoms with van der Waals surface area (Å²) in [5.41, 5.74) is 4.64. The SMILES string of the molecule is c1ccc(CNC23N=C(c4ccccc4)SC2(NCc2ccccc2)N=C(c2ccccc2)S3)cc1. The average molecular weight is 507 g/mol. The standard InChI is InChI=1S/C30H26N4S2/c1-5-13-23(14-6-1)21-31-29-30(32-22-24-15-7-2-8-16-24,34-28(35-29)26-19-11-4-12-20-26)36-27(33-29)25-17-9-3-10-18-25/h1-20,31-32H,21-22H2. The molecule has 2 heterocycles. The molecule has 2 N–H and O–H groups in total. The second kappa shape index (κ2) is 10.1. The maximum absolute atomic E-state index is 5.38. The molecule has 0 aromatic heterocycles. The summed E-state index contributed by atoms with van der Waals surface area (Å²) in [5.74, 6) is 0. The number of nitrogens with one attached hydrogen (secondary N) is 2. The molecule has 2 atom stereocenters. The number of hydrogen-bond donors (Lipinski definition) is 2. The summed E-state index contributed by atoms with van der Waals surface area (Å²) in [4.78, 5) is 9.34. The van der Waals surface area contributed by atoms with E-state index in [4.69, 9.17) is 9.98 Å². The predicted molar refractivity (Wildman–Crippen MR) is 153 cm³/mol. The topological polar surface area (TPSA) is 48.8 Å². The molecule has 6 heteroatoms. The third-order valence-electron chi connectivity index (χ3n) is 6.26. The van der Waals surface area contributed by atoms with Crippen molar-refractivity contribution in [2.24, 2.45) is 9.98 Å². The summed E-state index contributed by atoms with van der Waals surface area (Å²) in [6, 6.07) is 41.8. The highest BCUT2D eigenvalue weighted by molar-refractivity contribution is 8.21. The molecule has 2 aliphatic rings. The largest absolute Gasteiger partial charge is 0.276 e. The molecule has 36 heavy (non-hydrogen) atoms. The molecular formula is C30H26N4S2. The maximum atomic E-state index is 5.38. The van der Waals surface area contributed by atoms with Crippen molar-refractivity contribution < 1.29 is 0 Å². The van der Waals surface area contributed by atoms with Gasteiger partial charge in [-0.2, -0.15) is 0 Å². The van der Waals surface area contributed by atoms with Crippen LogP contribution in [0.5, 0.6) is 0 Å². The lowest BCUT2D eigenvalue weighted by Gasteiger charge is -2.36. The van der Waals surface area contributed by atoms with Gasteiger partial charge in [0.1, 0.15) is 10.1 Å². The molecule has 2 aliphatic heterocycles. The van der Waals surface area contributed by atoms with Crippen molar-refractivity contribution in [3.05, 3.63) is 144 Å². The van der Waals surface area contributed by atoms with E-state index in [2.05, 4.69) is 108 Å². The fourth-order valence-corrected chi connectivity index (χ4v) is 7.25. The zero-order chi connectivity index (χ0) is 24.3. The number of benzene rings is 4. The van der Waals surface area contributed by atoms with Gasteiger partial charge in [-0.25, -0.2) is 9.98 Å². The first-order valence-corrected chi connectivity index (χ1v) is 13.7. The van der Waals surface area contributed by atoms with Crippen LogP contribution in [-0.4, -0.2) is 20.1 Å². The van der Waals surface area contributed by atoms with Crippen LogP contribution in [0.1, 0.15) is 22.3 Å². The Hall–Kier alpha value is -3.16. The predicted octanol–water partition coefficient (Wildman–Crippen LogP) is 6.26. The Balaban J connectivity index is 1.42. The highest BCUT2D eigenvalue weighted by Crippen LogP contribution is 2.56. The van der Waals surface area contributed by atoms with Crippen LogP contribution in [-0.2, 0) is 13.1 Å². The quantitative estimate of drug-likeness (QED) is 0.296. The second-order valence-electron chi connectivity index (χ2n) is 8.74.